The second-order valence-corrected chi connectivity index (χ2v) is 4.70. The second kappa shape index (κ2) is 5.89. The van der Waals surface area contributed by atoms with Crippen LogP contribution in [0.15, 0.2) is 48.7 Å². The number of carbonyl (C=O) groups excluding carboxylic acids is 1. The number of rotatable bonds is 4. The zero-order valence-corrected chi connectivity index (χ0v) is 12.4. The Morgan fingerprint density at radius 1 is 1.18 bits per heavy atom. The lowest BCUT2D eigenvalue weighted by Gasteiger charge is -2.04. The summed E-state index contributed by atoms with van der Waals surface area (Å²) in [5.74, 6) is 0.389. The number of nitrogens with zero attached hydrogens (tertiary/aromatic N) is 2. The molecular formula is C17H16N2O3. The number of pyridine rings is 1. The maximum atomic E-state index is 12.3. The van der Waals surface area contributed by atoms with E-state index in [9.17, 15) is 4.79 Å². The highest BCUT2D eigenvalue weighted by atomic mass is 16.5. The van der Waals surface area contributed by atoms with Crippen LogP contribution in [0.4, 0.5) is 0 Å². The normalized spacial score (nSPS) is 10.6. The van der Waals surface area contributed by atoms with Crippen molar-refractivity contribution >= 4 is 11.5 Å². The summed E-state index contributed by atoms with van der Waals surface area (Å²) in [4.78, 5) is 12.3. The SMILES string of the molecule is CCOC(=O)c1c(-c2ccc(OC)cc2)nn2ccccc12. The number of hydrogen-bond donors (Lipinski definition) is 0. The zero-order chi connectivity index (χ0) is 15.5. The van der Waals surface area contributed by atoms with Crippen LogP contribution in [-0.2, 0) is 4.74 Å². The van der Waals surface area contributed by atoms with Crippen molar-refractivity contribution in [3.63, 3.8) is 0 Å². The molecule has 0 spiro atoms. The summed E-state index contributed by atoms with van der Waals surface area (Å²) in [6, 6.07) is 13.0. The molecule has 0 unspecified atom stereocenters. The van der Waals surface area contributed by atoms with E-state index in [-0.39, 0.29) is 5.97 Å². The minimum absolute atomic E-state index is 0.324. The van der Waals surface area contributed by atoms with Gasteiger partial charge in [0.1, 0.15) is 17.0 Å². The topological polar surface area (TPSA) is 52.8 Å². The van der Waals surface area contributed by atoms with Gasteiger partial charge in [0.15, 0.2) is 0 Å². The third kappa shape index (κ3) is 2.41. The highest BCUT2D eigenvalue weighted by molar-refractivity contribution is 6.03. The Kier molecular flexibility index (Phi) is 3.78. The van der Waals surface area contributed by atoms with Crippen molar-refractivity contribution in [2.45, 2.75) is 6.92 Å². The average molecular weight is 296 g/mol. The zero-order valence-electron chi connectivity index (χ0n) is 12.4. The van der Waals surface area contributed by atoms with E-state index in [1.807, 2.05) is 48.7 Å². The molecule has 112 valence electrons. The Morgan fingerprint density at radius 2 is 1.95 bits per heavy atom. The van der Waals surface area contributed by atoms with E-state index in [4.69, 9.17) is 9.47 Å². The summed E-state index contributed by atoms with van der Waals surface area (Å²) in [6.07, 6.45) is 1.81. The molecule has 0 saturated heterocycles. The molecular weight excluding hydrogens is 280 g/mol. The van der Waals surface area contributed by atoms with Crippen molar-refractivity contribution in [3.8, 4) is 17.0 Å². The molecule has 3 aromatic rings. The first-order chi connectivity index (χ1) is 10.7. The molecule has 0 bridgehead atoms. The Hall–Kier alpha value is -2.82. The van der Waals surface area contributed by atoms with Crippen LogP contribution in [0, 0.1) is 0 Å². The predicted octanol–water partition coefficient (Wildman–Crippen LogP) is 3.19. The highest BCUT2D eigenvalue weighted by Crippen LogP contribution is 2.28. The van der Waals surface area contributed by atoms with Crippen molar-refractivity contribution in [1.29, 1.82) is 0 Å². The molecule has 0 radical (unpaired) electrons. The van der Waals surface area contributed by atoms with Crippen molar-refractivity contribution in [1.82, 2.24) is 9.61 Å². The van der Waals surface area contributed by atoms with E-state index in [1.54, 1.807) is 18.5 Å². The standard InChI is InChI=1S/C17H16N2O3/c1-3-22-17(20)15-14-6-4-5-11-19(14)18-16(15)12-7-9-13(21-2)10-8-12/h4-11H,3H2,1-2H3. The Balaban J connectivity index is 2.18. The quantitative estimate of drug-likeness (QED) is 0.694. The van der Waals surface area contributed by atoms with Gasteiger partial charge in [0.2, 0.25) is 0 Å². The molecule has 0 aliphatic rings. The molecule has 0 atom stereocenters. The molecule has 2 heterocycles. The third-order valence-electron chi connectivity index (χ3n) is 3.38. The summed E-state index contributed by atoms with van der Waals surface area (Å²) in [6.45, 7) is 2.11. The molecule has 0 N–H and O–H groups in total. The smallest absolute Gasteiger partial charge is 0.342 e. The number of methoxy groups -OCH3 is 1. The van der Waals surface area contributed by atoms with Crippen molar-refractivity contribution in [2.24, 2.45) is 0 Å². The summed E-state index contributed by atoms with van der Waals surface area (Å²) >= 11 is 0. The van der Waals surface area contributed by atoms with E-state index in [2.05, 4.69) is 5.10 Å². The van der Waals surface area contributed by atoms with E-state index < -0.39 is 0 Å². The van der Waals surface area contributed by atoms with E-state index >= 15 is 0 Å². The predicted molar refractivity (Wildman–Crippen MR) is 83.1 cm³/mol. The van der Waals surface area contributed by atoms with Gasteiger partial charge in [0.05, 0.1) is 19.2 Å². The summed E-state index contributed by atoms with van der Waals surface area (Å²) < 4.78 is 12.0. The summed E-state index contributed by atoms with van der Waals surface area (Å²) in [7, 11) is 1.62. The van der Waals surface area contributed by atoms with Gasteiger partial charge in [-0.3, -0.25) is 0 Å². The molecule has 0 aliphatic carbocycles. The average Bonchev–Trinajstić information content (AvgIpc) is 2.94. The molecule has 1 aromatic carbocycles. The minimum Gasteiger partial charge on any atom is -0.497 e. The molecule has 0 amide bonds. The van der Waals surface area contributed by atoms with Gasteiger partial charge in [-0.1, -0.05) is 6.07 Å². The molecule has 5 heteroatoms. The first kappa shape index (κ1) is 14.1. The van der Waals surface area contributed by atoms with Crippen LogP contribution >= 0.6 is 0 Å². The first-order valence-corrected chi connectivity index (χ1v) is 7.03. The van der Waals surface area contributed by atoms with E-state index in [1.165, 1.54) is 0 Å². The van der Waals surface area contributed by atoms with Crippen LogP contribution in [-0.4, -0.2) is 29.3 Å². The monoisotopic (exact) mass is 296 g/mol. The Bertz CT molecular complexity index is 806. The number of benzene rings is 1. The fourth-order valence-corrected chi connectivity index (χ4v) is 2.35. The number of ether oxygens (including phenoxy) is 2. The molecule has 0 fully saturated rings. The fraction of sp³-hybridized carbons (Fsp3) is 0.176. The van der Waals surface area contributed by atoms with Crippen LogP contribution in [0.3, 0.4) is 0 Å². The first-order valence-electron chi connectivity index (χ1n) is 7.03. The van der Waals surface area contributed by atoms with Crippen LogP contribution < -0.4 is 4.74 Å². The number of carbonyl (C=O) groups is 1. The van der Waals surface area contributed by atoms with Gasteiger partial charge < -0.3 is 9.47 Å². The lowest BCUT2D eigenvalue weighted by Crippen LogP contribution is -2.05. The van der Waals surface area contributed by atoms with E-state index in [0.29, 0.717) is 17.9 Å². The van der Waals surface area contributed by atoms with Crippen molar-refractivity contribution in [2.75, 3.05) is 13.7 Å². The van der Waals surface area contributed by atoms with Crippen LogP contribution in [0.1, 0.15) is 17.3 Å². The minimum atomic E-state index is -0.366. The Labute approximate surface area is 128 Å². The number of fused-ring (bicyclic) bond motifs is 1. The maximum absolute atomic E-state index is 12.3. The number of aromatic nitrogens is 2. The largest absolute Gasteiger partial charge is 0.497 e. The van der Waals surface area contributed by atoms with Crippen LogP contribution in [0.5, 0.6) is 5.75 Å². The molecule has 22 heavy (non-hydrogen) atoms. The number of hydrogen-bond acceptors (Lipinski definition) is 4. The van der Waals surface area contributed by atoms with Gasteiger partial charge in [-0.2, -0.15) is 5.10 Å². The molecule has 2 aromatic heterocycles. The third-order valence-corrected chi connectivity index (χ3v) is 3.38. The lowest BCUT2D eigenvalue weighted by molar-refractivity contribution is 0.0529. The van der Waals surface area contributed by atoms with E-state index in [0.717, 1.165) is 16.8 Å². The van der Waals surface area contributed by atoms with Gasteiger partial charge >= 0.3 is 5.97 Å². The van der Waals surface area contributed by atoms with Gasteiger partial charge in [-0.15, -0.1) is 0 Å². The molecule has 3 rings (SSSR count). The molecule has 5 nitrogen and oxygen atoms in total. The van der Waals surface area contributed by atoms with Gasteiger partial charge in [0.25, 0.3) is 0 Å². The molecule has 0 aliphatic heterocycles. The van der Waals surface area contributed by atoms with Gasteiger partial charge in [-0.25, -0.2) is 9.31 Å². The van der Waals surface area contributed by atoms with Crippen LogP contribution in [0.25, 0.3) is 16.8 Å². The molecule has 0 saturated carbocycles. The van der Waals surface area contributed by atoms with Crippen LogP contribution in [0.2, 0.25) is 0 Å². The van der Waals surface area contributed by atoms with Crippen molar-refractivity contribution in [3.05, 3.63) is 54.2 Å². The maximum Gasteiger partial charge on any atom is 0.342 e. The Morgan fingerprint density at radius 3 is 2.64 bits per heavy atom. The highest BCUT2D eigenvalue weighted by Gasteiger charge is 2.21. The second-order valence-electron chi connectivity index (χ2n) is 4.70. The summed E-state index contributed by atoms with van der Waals surface area (Å²) in [5, 5.41) is 4.52. The van der Waals surface area contributed by atoms with Gasteiger partial charge in [0, 0.05) is 11.8 Å². The number of esters is 1. The summed E-state index contributed by atoms with van der Waals surface area (Å²) in [5.41, 5.74) is 2.65. The van der Waals surface area contributed by atoms with Crippen molar-refractivity contribution < 1.29 is 14.3 Å². The fourth-order valence-electron chi connectivity index (χ4n) is 2.35. The lowest BCUT2D eigenvalue weighted by atomic mass is 10.1. The van der Waals surface area contributed by atoms with Gasteiger partial charge in [-0.05, 0) is 43.3 Å².